The lowest BCUT2D eigenvalue weighted by atomic mass is 10.1. The highest BCUT2D eigenvalue weighted by molar-refractivity contribution is 6.23. The second-order valence-electron chi connectivity index (χ2n) is 9.68. The molecule has 0 aliphatic rings. The van der Waals surface area contributed by atoms with Crippen LogP contribution in [0.4, 0.5) is 0 Å². The standard InChI is InChI=1S/C35H23N3/c1-2-10-26(11-3-1)37-32-15-6-4-13-28(32)30-17-18-31-29-14-5-7-16-33(29)38(35(31)34(30)37)27-12-8-9-25(23-27)24-19-21-36-22-20-24/h1-23H. The maximum Gasteiger partial charge on any atom is 0.0788 e. The van der Waals surface area contributed by atoms with E-state index in [-0.39, 0.29) is 0 Å². The largest absolute Gasteiger partial charge is 0.307 e. The lowest BCUT2D eigenvalue weighted by Gasteiger charge is -2.13. The van der Waals surface area contributed by atoms with Crippen LogP contribution in [0.1, 0.15) is 0 Å². The predicted octanol–water partition coefficient (Wildman–Crippen LogP) is 8.94. The number of rotatable bonds is 3. The Hall–Kier alpha value is -5.15. The molecule has 0 fully saturated rings. The zero-order chi connectivity index (χ0) is 25.1. The Morgan fingerprint density at radius 2 is 0.947 bits per heavy atom. The molecule has 0 amide bonds. The molecule has 38 heavy (non-hydrogen) atoms. The summed E-state index contributed by atoms with van der Waals surface area (Å²) in [5.41, 5.74) is 9.49. The van der Waals surface area contributed by atoms with Crippen LogP contribution in [0.5, 0.6) is 0 Å². The van der Waals surface area contributed by atoms with Crippen LogP contribution in [0.2, 0.25) is 0 Å². The molecule has 0 radical (unpaired) electrons. The topological polar surface area (TPSA) is 22.8 Å². The zero-order valence-electron chi connectivity index (χ0n) is 20.6. The maximum absolute atomic E-state index is 4.21. The third kappa shape index (κ3) is 2.99. The van der Waals surface area contributed by atoms with E-state index < -0.39 is 0 Å². The first-order chi connectivity index (χ1) is 18.9. The third-order valence-corrected chi connectivity index (χ3v) is 7.60. The molecule has 0 aliphatic heterocycles. The van der Waals surface area contributed by atoms with Gasteiger partial charge in [-0.3, -0.25) is 4.98 Å². The molecular weight excluding hydrogens is 462 g/mol. The van der Waals surface area contributed by atoms with Crippen LogP contribution in [0.15, 0.2) is 140 Å². The fraction of sp³-hybridized carbons (Fsp3) is 0. The summed E-state index contributed by atoms with van der Waals surface area (Å²) in [7, 11) is 0. The van der Waals surface area contributed by atoms with Crippen LogP contribution in [0, 0.1) is 0 Å². The van der Waals surface area contributed by atoms with Gasteiger partial charge < -0.3 is 9.13 Å². The quantitative estimate of drug-likeness (QED) is 0.245. The van der Waals surface area contributed by atoms with E-state index in [1.165, 1.54) is 49.2 Å². The molecule has 0 bridgehead atoms. The average Bonchev–Trinajstić information content (AvgIpc) is 3.51. The van der Waals surface area contributed by atoms with Crippen LogP contribution in [0.3, 0.4) is 0 Å². The van der Waals surface area contributed by atoms with E-state index in [1.807, 2.05) is 12.4 Å². The molecule has 3 nitrogen and oxygen atoms in total. The maximum atomic E-state index is 4.21. The molecule has 0 N–H and O–H groups in total. The van der Waals surface area contributed by atoms with Gasteiger partial charge in [-0.25, -0.2) is 0 Å². The summed E-state index contributed by atoms with van der Waals surface area (Å²) in [6, 6.07) is 45.7. The Balaban J connectivity index is 1.57. The van der Waals surface area contributed by atoms with E-state index in [1.54, 1.807) is 0 Å². The van der Waals surface area contributed by atoms with Crippen molar-refractivity contribution in [1.29, 1.82) is 0 Å². The molecule has 8 rings (SSSR count). The van der Waals surface area contributed by atoms with Gasteiger partial charge in [0.15, 0.2) is 0 Å². The van der Waals surface area contributed by atoms with Gasteiger partial charge in [0.05, 0.1) is 22.1 Å². The third-order valence-electron chi connectivity index (χ3n) is 7.60. The summed E-state index contributed by atoms with van der Waals surface area (Å²) in [5.74, 6) is 0. The van der Waals surface area contributed by atoms with E-state index in [0.717, 1.165) is 16.9 Å². The first-order valence-electron chi connectivity index (χ1n) is 12.9. The lowest BCUT2D eigenvalue weighted by molar-refractivity contribution is 1.15. The van der Waals surface area contributed by atoms with Crippen molar-refractivity contribution in [2.24, 2.45) is 0 Å². The number of hydrogen-bond donors (Lipinski definition) is 0. The number of benzene rings is 5. The van der Waals surface area contributed by atoms with E-state index in [4.69, 9.17) is 0 Å². The average molecular weight is 486 g/mol. The number of pyridine rings is 1. The smallest absolute Gasteiger partial charge is 0.0788 e. The number of hydrogen-bond acceptors (Lipinski definition) is 1. The molecule has 3 heterocycles. The van der Waals surface area contributed by atoms with Crippen molar-refractivity contribution < 1.29 is 0 Å². The first-order valence-corrected chi connectivity index (χ1v) is 12.9. The van der Waals surface area contributed by atoms with Crippen LogP contribution >= 0.6 is 0 Å². The normalized spacial score (nSPS) is 11.7. The van der Waals surface area contributed by atoms with Gasteiger partial charge >= 0.3 is 0 Å². The molecule has 8 aromatic rings. The second-order valence-corrected chi connectivity index (χ2v) is 9.68. The molecule has 3 heteroatoms. The Bertz CT molecular complexity index is 2120. The van der Waals surface area contributed by atoms with Gasteiger partial charge in [0.2, 0.25) is 0 Å². The van der Waals surface area contributed by atoms with Crippen LogP contribution in [-0.4, -0.2) is 14.1 Å². The Kier molecular flexibility index (Phi) is 4.52. The minimum Gasteiger partial charge on any atom is -0.307 e. The SMILES string of the molecule is c1ccc(-n2c3ccccc3c3ccc4c5ccccc5n(-c5cccc(-c6ccncc6)c5)c4c32)cc1. The Morgan fingerprint density at radius 3 is 1.61 bits per heavy atom. The monoisotopic (exact) mass is 485 g/mol. The number of nitrogens with zero attached hydrogens (tertiary/aromatic N) is 3. The van der Waals surface area contributed by atoms with Gasteiger partial charge in [0.25, 0.3) is 0 Å². The first kappa shape index (κ1) is 21.0. The highest BCUT2D eigenvalue weighted by Crippen LogP contribution is 2.41. The number of para-hydroxylation sites is 3. The van der Waals surface area contributed by atoms with E-state index in [0.29, 0.717) is 0 Å². The molecule has 0 aliphatic carbocycles. The lowest BCUT2D eigenvalue weighted by Crippen LogP contribution is -1.98. The molecule has 0 saturated heterocycles. The number of fused-ring (bicyclic) bond motifs is 7. The van der Waals surface area contributed by atoms with Gasteiger partial charge in [-0.05, 0) is 59.7 Å². The molecule has 0 saturated carbocycles. The van der Waals surface area contributed by atoms with Gasteiger partial charge in [-0.1, -0.05) is 78.9 Å². The summed E-state index contributed by atoms with van der Waals surface area (Å²) >= 11 is 0. The number of aromatic nitrogens is 3. The summed E-state index contributed by atoms with van der Waals surface area (Å²) in [5, 5.41) is 5.02. The molecule has 0 spiro atoms. The fourth-order valence-electron chi connectivity index (χ4n) is 5.98. The van der Waals surface area contributed by atoms with Gasteiger partial charge in [-0.2, -0.15) is 0 Å². The van der Waals surface area contributed by atoms with E-state index in [2.05, 4.69) is 142 Å². The Labute approximate surface area is 219 Å². The van der Waals surface area contributed by atoms with Crippen molar-refractivity contribution in [1.82, 2.24) is 14.1 Å². The van der Waals surface area contributed by atoms with E-state index >= 15 is 0 Å². The van der Waals surface area contributed by atoms with Crippen molar-refractivity contribution >= 4 is 43.6 Å². The van der Waals surface area contributed by atoms with Crippen molar-refractivity contribution in [3.63, 3.8) is 0 Å². The molecule has 0 unspecified atom stereocenters. The summed E-state index contributed by atoms with van der Waals surface area (Å²) in [4.78, 5) is 4.21. The highest BCUT2D eigenvalue weighted by Gasteiger charge is 2.20. The van der Waals surface area contributed by atoms with E-state index in [9.17, 15) is 0 Å². The molecule has 178 valence electrons. The van der Waals surface area contributed by atoms with Crippen LogP contribution in [-0.2, 0) is 0 Å². The van der Waals surface area contributed by atoms with Crippen molar-refractivity contribution in [2.45, 2.75) is 0 Å². The zero-order valence-corrected chi connectivity index (χ0v) is 20.6. The van der Waals surface area contributed by atoms with Crippen molar-refractivity contribution in [3.05, 3.63) is 140 Å². The van der Waals surface area contributed by atoms with Crippen molar-refractivity contribution in [3.8, 4) is 22.5 Å². The minimum atomic E-state index is 1.14. The van der Waals surface area contributed by atoms with Gasteiger partial charge in [-0.15, -0.1) is 0 Å². The molecular formula is C35H23N3. The Morgan fingerprint density at radius 1 is 0.395 bits per heavy atom. The van der Waals surface area contributed by atoms with Crippen LogP contribution < -0.4 is 0 Å². The molecule has 0 atom stereocenters. The minimum absolute atomic E-state index is 1.14. The summed E-state index contributed by atoms with van der Waals surface area (Å²) in [6.07, 6.45) is 3.70. The van der Waals surface area contributed by atoms with Crippen molar-refractivity contribution in [2.75, 3.05) is 0 Å². The fourth-order valence-corrected chi connectivity index (χ4v) is 5.98. The molecule has 3 aromatic heterocycles. The second kappa shape index (κ2) is 8.19. The van der Waals surface area contributed by atoms with Gasteiger partial charge in [0, 0.05) is 45.3 Å². The predicted molar refractivity (Wildman–Crippen MR) is 158 cm³/mol. The highest BCUT2D eigenvalue weighted by atomic mass is 15.0. The van der Waals surface area contributed by atoms with Crippen LogP contribution in [0.25, 0.3) is 66.1 Å². The summed E-state index contributed by atoms with van der Waals surface area (Å²) in [6.45, 7) is 0. The van der Waals surface area contributed by atoms with Gasteiger partial charge in [0.1, 0.15) is 0 Å². The molecule has 5 aromatic carbocycles. The summed E-state index contributed by atoms with van der Waals surface area (Å²) < 4.78 is 4.87.